The van der Waals surface area contributed by atoms with Crippen molar-refractivity contribution in [3.63, 3.8) is 0 Å². The Hall–Kier alpha value is 0.610. The van der Waals surface area contributed by atoms with Crippen LogP contribution < -0.4 is 24.0 Å². The number of hydrogen-bond donors (Lipinski definition) is 0. The van der Waals surface area contributed by atoms with Crippen LogP contribution >= 0.6 is 0 Å². The predicted molar refractivity (Wildman–Crippen MR) is 41.3 cm³/mol. The molecule has 0 bridgehead atoms. The van der Waals surface area contributed by atoms with E-state index in [1.54, 1.807) is 0 Å². The molecule has 2 fully saturated rings. The topological polar surface area (TPSA) is 21.8 Å². The van der Waals surface area contributed by atoms with E-state index in [0.717, 1.165) is 37.4 Å². The fraction of sp³-hybridized carbons (Fsp3) is 1.00. The summed E-state index contributed by atoms with van der Waals surface area (Å²) in [5.41, 5.74) is 0. The van der Waals surface area contributed by atoms with Crippen molar-refractivity contribution in [2.45, 2.75) is 6.10 Å². The number of likely N-dealkylation sites (N-methyl/N-ethyl adjacent to an activating group) is 1. The van der Waals surface area contributed by atoms with Gasteiger partial charge in [-0.1, -0.05) is 0 Å². The Morgan fingerprint density at radius 3 is 2.42 bits per heavy atom. The first kappa shape index (κ1) is 10.7. The summed E-state index contributed by atoms with van der Waals surface area (Å²) in [6.45, 7) is 6.31. The lowest BCUT2D eigenvalue weighted by atomic mass is 10.3. The minimum absolute atomic E-state index is 0. The summed E-state index contributed by atoms with van der Waals surface area (Å²) in [6, 6.07) is 0. The first-order valence-electron chi connectivity index (χ1n) is 4.31. The molecule has 2 aliphatic heterocycles. The maximum Gasteiger partial charge on any atom is 0.130 e. The highest BCUT2D eigenvalue weighted by molar-refractivity contribution is 4.68. The van der Waals surface area contributed by atoms with Crippen LogP contribution in [0.4, 0.5) is 0 Å². The third-order valence-corrected chi connectivity index (χ3v) is 2.60. The Morgan fingerprint density at radius 1 is 1.33 bits per heavy atom. The van der Waals surface area contributed by atoms with Gasteiger partial charge in [-0.2, -0.15) is 0 Å². The Morgan fingerprint density at radius 2 is 1.92 bits per heavy atom. The average Bonchev–Trinajstić information content (AvgIpc) is 2.72. The van der Waals surface area contributed by atoms with Crippen molar-refractivity contribution in [2.24, 2.45) is 0 Å². The van der Waals surface area contributed by atoms with Crippen LogP contribution in [0.3, 0.4) is 0 Å². The first-order valence-corrected chi connectivity index (χ1v) is 4.31. The Balaban J connectivity index is 0.000000720. The number of hydrogen-bond acceptors (Lipinski definition) is 2. The Kier molecular flexibility index (Phi) is 3.75. The molecule has 0 amide bonds. The molecule has 1 unspecified atom stereocenters. The van der Waals surface area contributed by atoms with Gasteiger partial charge >= 0.3 is 0 Å². The van der Waals surface area contributed by atoms with Gasteiger partial charge in [0.25, 0.3) is 0 Å². The van der Waals surface area contributed by atoms with Crippen molar-refractivity contribution in [3.05, 3.63) is 0 Å². The van der Waals surface area contributed by atoms with E-state index >= 15 is 0 Å². The fourth-order valence-electron chi connectivity index (χ4n) is 1.63. The number of nitrogens with zero attached hydrogens (tertiary/aromatic N) is 1. The van der Waals surface area contributed by atoms with Gasteiger partial charge in [0, 0.05) is 0 Å². The van der Waals surface area contributed by atoms with Gasteiger partial charge in [-0.3, -0.25) is 0 Å². The van der Waals surface area contributed by atoms with Crippen molar-refractivity contribution < 1.29 is 37.9 Å². The van der Waals surface area contributed by atoms with Gasteiger partial charge in [0.1, 0.15) is 25.7 Å². The van der Waals surface area contributed by atoms with Crippen molar-refractivity contribution in [3.8, 4) is 0 Å². The van der Waals surface area contributed by atoms with Crippen LogP contribution in [-0.2, 0) is 9.47 Å². The highest BCUT2D eigenvalue weighted by atomic mass is 127. The normalized spacial score (nSPS) is 32.2. The van der Waals surface area contributed by atoms with Gasteiger partial charge in [-0.15, -0.1) is 0 Å². The highest BCUT2D eigenvalue weighted by Gasteiger charge is 2.35. The van der Waals surface area contributed by atoms with Gasteiger partial charge < -0.3 is 37.9 Å². The molecule has 0 spiro atoms. The second kappa shape index (κ2) is 4.21. The van der Waals surface area contributed by atoms with Crippen LogP contribution in [0.25, 0.3) is 0 Å². The summed E-state index contributed by atoms with van der Waals surface area (Å²) in [5, 5.41) is 0. The SMILES string of the molecule is C[N+]1(CC2CO2)CCOCC1.[I-]. The lowest BCUT2D eigenvalue weighted by molar-refractivity contribution is -0.917. The van der Waals surface area contributed by atoms with E-state index in [1.165, 1.54) is 6.54 Å². The van der Waals surface area contributed by atoms with Gasteiger partial charge in [-0.05, 0) is 0 Å². The monoisotopic (exact) mass is 285 g/mol. The summed E-state index contributed by atoms with van der Waals surface area (Å²) in [6.07, 6.45) is 0.554. The van der Waals surface area contributed by atoms with Crippen LogP contribution in [0.15, 0.2) is 0 Å². The lowest BCUT2D eigenvalue weighted by Crippen LogP contribution is -3.00. The third kappa shape index (κ3) is 2.83. The van der Waals surface area contributed by atoms with E-state index in [4.69, 9.17) is 9.47 Å². The van der Waals surface area contributed by atoms with Gasteiger partial charge in [0.15, 0.2) is 0 Å². The number of ether oxygens (including phenoxy) is 2. The molecular formula is C8H16INO2. The molecule has 2 rings (SSSR count). The second-order valence-corrected chi connectivity index (χ2v) is 3.82. The molecule has 0 N–H and O–H groups in total. The smallest absolute Gasteiger partial charge is 0.130 e. The zero-order valence-corrected chi connectivity index (χ0v) is 9.62. The highest BCUT2D eigenvalue weighted by Crippen LogP contribution is 2.16. The largest absolute Gasteiger partial charge is 1.00 e. The minimum Gasteiger partial charge on any atom is -1.00 e. The molecule has 4 heteroatoms. The maximum absolute atomic E-state index is 5.31. The van der Waals surface area contributed by atoms with Crippen LogP contribution in [0.5, 0.6) is 0 Å². The Labute approximate surface area is 90.6 Å². The Bertz CT molecular complexity index is 144. The van der Waals surface area contributed by atoms with Crippen molar-refractivity contribution in [2.75, 3.05) is 46.5 Å². The summed E-state index contributed by atoms with van der Waals surface area (Å²) in [7, 11) is 2.30. The van der Waals surface area contributed by atoms with E-state index in [9.17, 15) is 0 Å². The maximum atomic E-state index is 5.31. The molecule has 0 aromatic rings. The van der Waals surface area contributed by atoms with Gasteiger partial charge in [-0.25, -0.2) is 0 Å². The molecular weight excluding hydrogens is 269 g/mol. The predicted octanol–water partition coefficient (Wildman–Crippen LogP) is -3.13. The molecule has 2 heterocycles. The summed E-state index contributed by atoms with van der Waals surface area (Å²) in [5.74, 6) is 0. The standard InChI is InChI=1S/C8H16NO2.HI/c1-9(6-8-7-11-8)2-4-10-5-3-9;/h8H,2-7H2,1H3;1H/q+1;/p-1. The molecule has 2 aliphatic rings. The van der Waals surface area contributed by atoms with Crippen LogP contribution in [-0.4, -0.2) is 57.1 Å². The van der Waals surface area contributed by atoms with Crippen molar-refractivity contribution in [1.82, 2.24) is 0 Å². The number of epoxide rings is 1. The average molecular weight is 285 g/mol. The summed E-state index contributed by atoms with van der Waals surface area (Å²) in [4.78, 5) is 0. The van der Waals surface area contributed by atoms with E-state index < -0.39 is 0 Å². The zero-order valence-electron chi connectivity index (χ0n) is 7.46. The van der Waals surface area contributed by atoms with E-state index in [-0.39, 0.29) is 24.0 Å². The first-order chi connectivity index (χ1) is 5.29. The number of rotatable bonds is 2. The quantitative estimate of drug-likeness (QED) is 0.304. The second-order valence-electron chi connectivity index (χ2n) is 3.82. The molecule has 1 atom stereocenters. The van der Waals surface area contributed by atoms with E-state index in [0.29, 0.717) is 6.10 Å². The molecule has 3 nitrogen and oxygen atoms in total. The van der Waals surface area contributed by atoms with Crippen LogP contribution in [0.1, 0.15) is 0 Å². The molecule has 12 heavy (non-hydrogen) atoms. The van der Waals surface area contributed by atoms with E-state index in [2.05, 4.69) is 7.05 Å². The van der Waals surface area contributed by atoms with Crippen LogP contribution in [0.2, 0.25) is 0 Å². The van der Waals surface area contributed by atoms with Crippen molar-refractivity contribution >= 4 is 0 Å². The molecule has 72 valence electrons. The molecule has 0 saturated carbocycles. The summed E-state index contributed by atoms with van der Waals surface area (Å²) < 4.78 is 11.7. The van der Waals surface area contributed by atoms with Gasteiger partial charge in [0.2, 0.25) is 0 Å². The van der Waals surface area contributed by atoms with Crippen LogP contribution in [0, 0.1) is 0 Å². The zero-order chi connectivity index (χ0) is 7.73. The third-order valence-electron chi connectivity index (χ3n) is 2.60. The molecule has 0 radical (unpaired) electrons. The molecule has 0 aromatic carbocycles. The van der Waals surface area contributed by atoms with Crippen molar-refractivity contribution in [1.29, 1.82) is 0 Å². The van der Waals surface area contributed by atoms with Gasteiger partial charge in [0.05, 0.1) is 26.9 Å². The van der Waals surface area contributed by atoms with E-state index in [1.807, 2.05) is 0 Å². The fourth-order valence-corrected chi connectivity index (χ4v) is 1.63. The minimum atomic E-state index is 0. The molecule has 2 saturated heterocycles. The molecule has 0 aromatic heterocycles. The summed E-state index contributed by atoms with van der Waals surface area (Å²) >= 11 is 0. The number of halogens is 1. The molecule has 0 aliphatic carbocycles. The number of quaternary nitrogens is 1. The lowest BCUT2D eigenvalue weighted by Gasteiger charge is -2.37. The number of morpholine rings is 1.